The number of rotatable bonds is 7. The van der Waals surface area contributed by atoms with Crippen molar-refractivity contribution in [3.63, 3.8) is 0 Å². The first kappa shape index (κ1) is 13.1. The second-order valence-corrected chi connectivity index (χ2v) is 3.28. The topological polar surface area (TPSA) is 106 Å². The van der Waals surface area contributed by atoms with Crippen molar-refractivity contribution in [2.45, 2.75) is 19.1 Å². The summed E-state index contributed by atoms with van der Waals surface area (Å²) in [6.45, 7) is 0.346. The summed E-state index contributed by atoms with van der Waals surface area (Å²) in [6.07, 6.45) is 2.34. The van der Waals surface area contributed by atoms with E-state index in [9.17, 15) is 9.59 Å². The molecule has 0 bridgehead atoms. The van der Waals surface area contributed by atoms with Gasteiger partial charge >= 0.3 is 5.97 Å². The summed E-state index contributed by atoms with van der Waals surface area (Å²) in [5.41, 5.74) is 0. The molecule has 0 saturated carbocycles. The molecule has 0 aliphatic rings. The Hall–Kier alpha value is -1.96. The van der Waals surface area contributed by atoms with E-state index in [1.165, 1.54) is 18.0 Å². The number of hydrogen-bond donors (Lipinski definition) is 2. The van der Waals surface area contributed by atoms with Crippen LogP contribution in [0.2, 0.25) is 0 Å². The first-order valence-corrected chi connectivity index (χ1v) is 5.00. The van der Waals surface area contributed by atoms with E-state index in [2.05, 4.69) is 20.4 Å². The van der Waals surface area contributed by atoms with Gasteiger partial charge in [-0.05, 0) is 0 Å². The number of aliphatic carboxylic acids is 1. The lowest BCUT2D eigenvalue weighted by Crippen LogP contribution is -2.38. The standard InChI is InChI=1S/C9H14N4O4/c1-17-7(9(15)16)6-10-8(14)2-4-13-5-3-11-12-13/h3,5,7H,2,4,6H2,1H3,(H,10,14)(H,15,16). The number of ether oxygens (including phenoxy) is 1. The van der Waals surface area contributed by atoms with Crippen LogP contribution in [0.15, 0.2) is 12.4 Å². The summed E-state index contributed by atoms with van der Waals surface area (Å²) in [7, 11) is 1.28. The van der Waals surface area contributed by atoms with E-state index in [1.54, 1.807) is 6.20 Å². The Morgan fingerprint density at radius 2 is 2.35 bits per heavy atom. The van der Waals surface area contributed by atoms with E-state index in [1.807, 2.05) is 0 Å². The van der Waals surface area contributed by atoms with Crippen molar-refractivity contribution in [3.8, 4) is 0 Å². The molecule has 0 fully saturated rings. The first-order chi connectivity index (χ1) is 8.13. The Labute approximate surface area is 97.6 Å². The van der Waals surface area contributed by atoms with E-state index < -0.39 is 12.1 Å². The number of carbonyl (C=O) groups excluding carboxylic acids is 1. The van der Waals surface area contributed by atoms with E-state index in [0.29, 0.717) is 6.54 Å². The van der Waals surface area contributed by atoms with Crippen LogP contribution in [0.5, 0.6) is 0 Å². The molecule has 0 radical (unpaired) electrons. The van der Waals surface area contributed by atoms with E-state index >= 15 is 0 Å². The van der Waals surface area contributed by atoms with Crippen LogP contribution in [0, 0.1) is 0 Å². The van der Waals surface area contributed by atoms with Crippen LogP contribution in [0.3, 0.4) is 0 Å². The summed E-state index contributed by atoms with van der Waals surface area (Å²) < 4.78 is 6.19. The van der Waals surface area contributed by atoms with Crippen LogP contribution in [-0.2, 0) is 20.9 Å². The minimum absolute atomic E-state index is 0.0535. The van der Waals surface area contributed by atoms with Crippen LogP contribution in [0.4, 0.5) is 0 Å². The van der Waals surface area contributed by atoms with Crippen molar-refractivity contribution in [3.05, 3.63) is 12.4 Å². The predicted octanol–water partition coefficient (Wildman–Crippen LogP) is -1.12. The Morgan fingerprint density at radius 3 is 2.88 bits per heavy atom. The highest BCUT2D eigenvalue weighted by Gasteiger charge is 2.16. The van der Waals surface area contributed by atoms with Gasteiger partial charge < -0.3 is 15.2 Å². The molecular weight excluding hydrogens is 228 g/mol. The molecule has 2 N–H and O–H groups in total. The third kappa shape index (κ3) is 4.60. The largest absolute Gasteiger partial charge is 0.479 e. The minimum Gasteiger partial charge on any atom is -0.479 e. The molecule has 1 atom stereocenters. The second-order valence-electron chi connectivity index (χ2n) is 3.28. The molecule has 1 aromatic rings. The lowest BCUT2D eigenvalue weighted by molar-refractivity contribution is -0.148. The minimum atomic E-state index is -1.11. The third-order valence-electron chi connectivity index (χ3n) is 2.08. The average molecular weight is 242 g/mol. The lowest BCUT2D eigenvalue weighted by atomic mass is 10.3. The number of amides is 1. The number of carboxylic acids is 1. The van der Waals surface area contributed by atoms with Gasteiger partial charge in [-0.3, -0.25) is 9.48 Å². The number of aryl methyl sites for hydroxylation is 1. The number of hydrogen-bond acceptors (Lipinski definition) is 5. The summed E-state index contributed by atoms with van der Waals surface area (Å²) >= 11 is 0. The summed E-state index contributed by atoms with van der Waals surface area (Å²) in [6, 6.07) is 0. The SMILES string of the molecule is COC(CNC(=O)CCn1ccnn1)C(=O)O. The molecule has 0 aliphatic heterocycles. The van der Waals surface area contributed by atoms with Gasteiger partial charge in [-0.25, -0.2) is 4.79 Å². The number of aromatic nitrogens is 3. The van der Waals surface area contributed by atoms with Gasteiger partial charge in [0, 0.05) is 19.7 Å². The molecular formula is C9H14N4O4. The molecule has 8 heteroatoms. The van der Waals surface area contributed by atoms with Crippen molar-refractivity contribution in [2.24, 2.45) is 0 Å². The molecule has 17 heavy (non-hydrogen) atoms. The zero-order valence-corrected chi connectivity index (χ0v) is 9.37. The zero-order valence-electron chi connectivity index (χ0n) is 9.37. The summed E-state index contributed by atoms with van der Waals surface area (Å²) in [5, 5.41) is 18.4. The van der Waals surface area contributed by atoms with Crippen LogP contribution in [0.1, 0.15) is 6.42 Å². The number of nitrogens with zero attached hydrogens (tertiary/aromatic N) is 3. The van der Waals surface area contributed by atoms with Crippen LogP contribution < -0.4 is 5.32 Å². The van der Waals surface area contributed by atoms with Crippen LogP contribution in [0.25, 0.3) is 0 Å². The van der Waals surface area contributed by atoms with Crippen molar-refractivity contribution in [1.82, 2.24) is 20.3 Å². The highest BCUT2D eigenvalue weighted by molar-refractivity contribution is 5.78. The number of methoxy groups -OCH3 is 1. The number of carbonyl (C=O) groups is 2. The zero-order chi connectivity index (χ0) is 12.7. The van der Waals surface area contributed by atoms with Crippen LogP contribution >= 0.6 is 0 Å². The van der Waals surface area contributed by atoms with Crippen molar-refractivity contribution in [2.75, 3.05) is 13.7 Å². The number of carboxylic acid groups (broad SMARTS) is 1. The van der Waals surface area contributed by atoms with Crippen molar-refractivity contribution < 1.29 is 19.4 Å². The maximum absolute atomic E-state index is 11.4. The monoisotopic (exact) mass is 242 g/mol. The fourth-order valence-corrected chi connectivity index (χ4v) is 1.13. The Morgan fingerprint density at radius 1 is 1.59 bits per heavy atom. The van der Waals surface area contributed by atoms with Crippen molar-refractivity contribution >= 4 is 11.9 Å². The van der Waals surface area contributed by atoms with Crippen LogP contribution in [-0.4, -0.2) is 51.7 Å². The van der Waals surface area contributed by atoms with Gasteiger partial charge in [-0.1, -0.05) is 5.21 Å². The highest BCUT2D eigenvalue weighted by Crippen LogP contribution is 1.91. The quantitative estimate of drug-likeness (QED) is 0.627. The Bertz CT molecular complexity index is 365. The Kier molecular flexibility index (Phi) is 5.08. The van der Waals surface area contributed by atoms with Crippen molar-refractivity contribution in [1.29, 1.82) is 0 Å². The molecule has 0 aliphatic carbocycles. The van der Waals surface area contributed by atoms with Gasteiger partial charge in [0.2, 0.25) is 5.91 Å². The fourth-order valence-electron chi connectivity index (χ4n) is 1.13. The normalized spacial score (nSPS) is 12.1. The van der Waals surface area contributed by atoms with Gasteiger partial charge in [0.15, 0.2) is 6.10 Å². The number of nitrogens with one attached hydrogen (secondary N) is 1. The smallest absolute Gasteiger partial charge is 0.334 e. The molecule has 1 unspecified atom stereocenters. The maximum Gasteiger partial charge on any atom is 0.334 e. The predicted molar refractivity (Wildman–Crippen MR) is 56.1 cm³/mol. The molecule has 1 aromatic heterocycles. The van der Waals surface area contributed by atoms with Gasteiger partial charge in [0.1, 0.15) is 0 Å². The van der Waals surface area contributed by atoms with E-state index in [-0.39, 0.29) is 18.9 Å². The van der Waals surface area contributed by atoms with Gasteiger partial charge in [-0.2, -0.15) is 0 Å². The second kappa shape index (κ2) is 6.59. The molecule has 8 nitrogen and oxygen atoms in total. The first-order valence-electron chi connectivity index (χ1n) is 5.00. The molecule has 0 spiro atoms. The maximum atomic E-state index is 11.4. The van der Waals surface area contributed by atoms with Gasteiger partial charge in [0.05, 0.1) is 19.3 Å². The van der Waals surface area contributed by atoms with Gasteiger partial charge in [0.25, 0.3) is 0 Å². The van der Waals surface area contributed by atoms with Gasteiger partial charge in [-0.15, -0.1) is 5.10 Å². The van der Waals surface area contributed by atoms with E-state index in [0.717, 1.165) is 0 Å². The summed E-state index contributed by atoms with van der Waals surface area (Å²) in [4.78, 5) is 21.9. The Balaban J connectivity index is 2.23. The van der Waals surface area contributed by atoms with E-state index in [4.69, 9.17) is 5.11 Å². The molecule has 0 aromatic carbocycles. The lowest BCUT2D eigenvalue weighted by Gasteiger charge is -2.11. The highest BCUT2D eigenvalue weighted by atomic mass is 16.5. The molecule has 94 valence electrons. The summed E-state index contributed by atoms with van der Waals surface area (Å²) in [5.74, 6) is -1.37. The average Bonchev–Trinajstić information content (AvgIpc) is 2.79. The fraction of sp³-hybridized carbons (Fsp3) is 0.556. The molecule has 1 heterocycles. The molecule has 1 rings (SSSR count). The molecule has 1 amide bonds. The third-order valence-corrected chi connectivity index (χ3v) is 2.08. The molecule has 0 saturated heterocycles.